The molecular weight excluding hydrogens is 309 g/mol. The van der Waals surface area contributed by atoms with Crippen LogP contribution in [0.3, 0.4) is 0 Å². The van der Waals surface area contributed by atoms with Gasteiger partial charge >= 0.3 is 70.1 Å². The Kier molecular flexibility index (Phi) is 2.70. The van der Waals surface area contributed by atoms with Crippen molar-refractivity contribution in [3.63, 3.8) is 0 Å². The van der Waals surface area contributed by atoms with E-state index in [1.807, 2.05) is 11.8 Å². The van der Waals surface area contributed by atoms with Gasteiger partial charge in [-0.1, -0.05) is 0 Å². The molecule has 0 aromatic heterocycles. The summed E-state index contributed by atoms with van der Waals surface area (Å²) < 4.78 is 6.63. The molecule has 0 radical (unpaired) electrons. The second-order valence-corrected chi connectivity index (χ2v) is 5.48. The molecule has 1 aliphatic heterocycles. The predicted octanol–water partition coefficient (Wildman–Crippen LogP) is 1.49. The first-order valence-electron chi connectivity index (χ1n) is 2.59. The number of thioether (sulfide) groups is 1. The van der Waals surface area contributed by atoms with Gasteiger partial charge in [0, 0.05) is 0 Å². The SMILES string of the molecule is CC1=[C]([Hg])OCCS1. The number of ether oxygens (including phenoxy) is 1. The molecule has 0 amide bonds. The molecule has 3 heteroatoms. The topological polar surface area (TPSA) is 9.23 Å². The maximum absolute atomic E-state index is 5.34. The number of rotatable bonds is 0. The van der Waals surface area contributed by atoms with Crippen molar-refractivity contribution in [1.29, 1.82) is 0 Å². The van der Waals surface area contributed by atoms with Crippen LogP contribution in [-0.2, 0) is 30.9 Å². The van der Waals surface area contributed by atoms with E-state index >= 15 is 0 Å². The van der Waals surface area contributed by atoms with Crippen LogP contribution >= 0.6 is 11.8 Å². The van der Waals surface area contributed by atoms with Crippen molar-refractivity contribution in [2.75, 3.05) is 12.4 Å². The van der Waals surface area contributed by atoms with Crippen LogP contribution in [0.25, 0.3) is 0 Å². The molecule has 0 fully saturated rings. The third kappa shape index (κ3) is 1.66. The van der Waals surface area contributed by atoms with Gasteiger partial charge in [0.05, 0.1) is 0 Å². The van der Waals surface area contributed by atoms with Crippen LogP contribution in [0.4, 0.5) is 0 Å². The van der Waals surface area contributed by atoms with Gasteiger partial charge in [0.15, 0.2) is 0 Å². The third-order valence-electron chi connectivity index (χ3n) is 1.07. The van der Waals surface area contributed by atoms with Crippen molar-refractivity contribution in [3.05, 3.63) is 8.17 Å². The van der Waals surface area contributed by atoms with Crippen molar-refractivity contribution in [2.24, 2.45) is 0 Å². The van der Waals surface area contributed by atoms with E-state index in [0.29, 0.717) is 26.1 Å². The summed E-state index contributed by atoms with van der Waals surface area (Å²) in [6.45, 7) is 3.08. The average molecular weight is 316 g/mol. The molecule has 1 aliphatic rings. The first-order chi connectivity index (χ1) is 3.80. The van der Waals surface area contributed by atoms with Gasteiger partial charge in [0.1, 0.15) is 0 Å². The van der Waals surface area contributed by atoms with Gasteiger partial charge in [0.2, 0.25) is 0 Å². The second kappa shape index (κ2) is 3.11. The molecule has 0 atom stereocenters. The van der Waals surface area contributed by atoms with Crippen LogP contribution in [0.15, 0.2) is 8.17 Å². The van der Waals surface area contributed by atoms with Gasteiger partial charge in [-0.3, -0.25) is 0 Å². The Labute approximate surface area is 69.8 Å². The third-order valence-corrected chi connectivity index (χ3v) is 5.95. The van der Waals surface area contributed by atoms with Gasteiger partial charge in [-0.2, -0.15) is 0 Å². The molecule has 41 valence electrons. The van der Waals surface area contributed by atoms with E-state index in [0.717, 1.165) is 12.4 Å². The summed E-state index contributed by atoms with van der Waals surface area (Å²) in [5.74, 6) is 1.15. The molecular formula is C5H7HgOS. The molecule has 0 bridgehead atoms. The Morgan fingerprint density at radius 1 is 1.75 bits per heavy atom. The maximum atomic E-state index is 5.34. The number of hydrogen-bond donors (Lipinski definition) is 0. The van der Waals surface area contributed by atoms with Crippen molar-refractivity contribution in [2.45, 2.75) is 6.92 Å². The van der Waals surface area contributed by atoms with E-state index < -0.39 is 0 Å². The Hall–Kier alpha value is 0.825. The van der Waals surface area contributed by atoms with E-state index in [4.69, 9.17) is 4.74 Å². The molecule has 0 aromatic carbocycles. The summed E-state index contributed by atoms with van der Waals surface area (Å²) in [6.07, 6.45) is 0. The zero-order valence-corrected chi connectivity index (χ0v) is 11.3. The van der Waals surface area contributed by atoms with Gasteiger partial charge in [-0.05, 0) is 0 Å². The number of allylic oxidation sites excluding steroid dienone is 1. The second-order valence-electron chi connectivity index (χ2n) is 1.68. The van der Waals surface area contributed by atoms with E-state index in [1.54, 1.807) is 0 Å². The fraction of sp³-hybridized carbons (Fsp3) is 0.600. The molecule has 0 saturated heterocycles. The van der Waals surface area contributed by atoms with Gasteiger partial charge in [0.25, 0.3) is 0 Å². The Balaban J connectivity index is 2.60. The van der Waals surface area contributed by atoms with Gasteiger partial charge in [-0.25, -0.2) is 0 Å². The Morgan fingerprint density at radius 2 is 2.50 bits per heavy atom. The molecule has 0 N–H and O–H groups in total. The van der Waals surface area contributed by atoms with Crippen LogP contribution in [0, 0.1) is 0 Å². The van der Waals surface area contributed by atoms with Crippen LogP contribution in [0.1, 0.15) is 6.92 Å². The van der Waals surface area contributed by atoms with Crippen LogP contribution in [0.2, 0.25) is 0 Å². The molecule has 1 rings (SSSR count). The summed E-state index contributed by atoms with van der Waals surface area (Å²) in [4.78, 5) is 1.42. The van der Waals surface area contributed by atoms with Crippen LogP contribution < -0.4 is 0 Å². The van der Waals surface area contributed by atoms with Crippen LogP contribution in [0.5, 0.6) is 0 Å². The molecule has 1 heterocycles. The first kappa shape index (κ1) is 6.94. The molecule has 8 heavy (non-hydrogen) atoms. The quantitative estimate of drug-likeness (QED) is 0.626. The summed E-state index contributed by atoms with van der Waals surface area (Å²) in [5.41, 5.74) is 0. The predicted molar refractivity (Wildman–Crippen MR) is 31.1 cm³/mol. The molecule has 0 unspecified atom stereocenters. The van der Waals surface area contributed by atoms with Crippen molar-refractivity contribution in [1.82, 2.24) is 0 Å². The van der Waals surface area contributed by atoms with Crippen molar-refractivity contribution >= 4 is 11.8 Å². The van der Waals surface area contributed by atoms with E-state index in [1.165, 1.54) is 8.17 Å². The normalized spacial score (nSPS) is 20.9. The minimum absolute atomic E-state index is 0.693. The van der Waals surface area contributed by atoms with E-state index in [-0.39, 0.29) is 0 Å². The molecule has 0 aromatic rings. The molecule has 0 spiro atoms. The molecule has 1 nitrogen and oxygen atoms in total. The van der Waals surface area contributed by atoms with E-state index in [2.05, 4.69) is 6.92 Å². The fourth-order valence-electron chi connectivity index (χ4n) is 0.542. The average Bonchev–Trinajstić information content (AvgIpc) is 1.77. The monoisotopic (exact) mass is 317 g/mol. The van der Waals surface area contributed by atoms with Gasteiger partial charge in [-0.15, -0.1) is 0 Å². The minimum atomic E-state index is 0.693. The first-order valence-corrected chi connectivity index (χ1v) is 6.32. The summed E-state index contributed by atoms with van der Waals surface area (Å²) in [7, 11) is 0. The fourth-order valence-corrected chi connectivity index (χ4v) is 2.99. The van der Waals surface area contributed by atoms with Crippen molar-refractivity contribution in [3.8, 4) is 0 Å². The molecule has 0 aliphatic carbocycles. The zero-order valence-electron chi connectivity index (χ0n) is 4.94. The summed E-state index contributed by atoms with van der Waals surface area (Å²) >= 11 is 2.62. The molecule has 0 saturated carbocycles. The zero-order chi connectivity index (χ0) is 5.98. The standard InChI is InChI=1S/C5H7OS.Hg/c1-5-4-6-2-3-7-5;/h2-3H2,1H3;. The van der Waals surface area contributed by atoms with Gasteiger partial charge < -0.3 is 0 Å². The summed E-state index contributed by atoms with van der Waals surface area (Å²) in [5, 5.41) is 0. The van der Waals surface area contributed by atoms with Crippen molar-refractivity contribution < 1.29 is 30.9 Å². The van der Waals surface area contributed by atoms with Crippen LogP contribution in [-0.4, -0.2) is 12.4 Å². The van der Waals surface area contributed by atoms with E-state index in [9.17, 15) is 0 Å². The summed E-state index contributed by atoms with van der Waals surface area (Å²) in [6, 6.07) is 0. The Bertz CT molecular complexity index is 108. The number of hydrogen-bond acceptors (Lipinski definition) is 2. The Morgan fingerprint density at radius 3 is 2.88 bits per heavy atom.